The molecule has 0 bridgehead atoms. The number of hydrogen-bond acceptors (Lipinski definition) is 3. The van der Waals surface area contributed by atoms with Gasteiger partial charge in [-0.25, -0.2) is 0 Å². The first kappa shape index (κ1) is 14.1. The highest BCUT2D eigenvalue weighted by Gasteiger charge is 2.31. The van der Waals surface area contributed by atoms with E-state index in [4.69, 9.17) is 5.73 Å². The molecule has 3 nitrogen and oxygen atoms in total. The smallest absolute Gasteiger partial charge is 0.406 e. The van der Waals surface area contributed by atoms with E-state index in [1.165, 1.54) is 12.1 Å². The van der Waals surface area contributed by atoms with Gasteiger partial charge in [0, 0.05) is 13.1 Å². The monoisotopic (exact) mass is 274 g/mol. The van der Waals surface area contributed by atoms with E-state index in [9.17, 15) is 13.2 Å². The molecule has 1 aliphatic rings. The fourth-order valence-electron chi connectivity index (χ4n) is 2.30. The van der Waals surface area contributed by atoms with Gasteiger partial charge in [-0.05, 0) is 43.1 Å². The van der Waals surface area contributed by atoms with E-state index in [0.717, 1.165) is 31.6 Å². The highest BCUT2D eigenvalue weighted by molar-refractivity contribution is 5.27. The number of rotatable bonds is 4. The van der Waals surface area contributed by atoms with Crippen molar-refractivity contribution in [2.24, 2.45) is 11.7 Å². The Labute approximate surface area is 110 Å². The van der Waals surface area contributed by atoms with E-state index in [1.807, 2.05) is 0 Å². The van der Waals surface area contributed by atoms with Gasteiger partial charge in [0.25, 0.3) is 0 Å². The Morgan fingerprint density at radius 3 is 2.47 bits per heavy atom. The van der Waals surface area contributed by atoms with Crippen LogP contribution >= 0.6 is 0 Å². The molecule has 0 amide bonds. The lowest BCUT2D eigenvalue weighted by Gasteiger charge is -2.16. The number of benzene rings is 1. The van der Waals surface area contributed by atoms with Gasteiger partial charge in [0.2, 0.25) is 0 Å². The predicted octanol–water partition coefficient (Wildman–Crippen LogP) is 2.37. The van der Waals surface area contributed by atoms with Gasteiger partial charge in [0.1, 0.15) is 5.75 Å². The van der Waals surface area contributed by atoms with Crippen molar-refractivity contribution < 1.29 is 17.9 Å². The van der Waals surface area contributed by atoms with E-state index < -0.39 is 6.36 Å². The molecule has 0 saturated carbocycles. The van der Waals surface area contributed by atoms with Gasteiger partial charge >= 0.3 is 6.36 Å². The van der Waals surface area contributed by atoms with Crippen LogP contribution in [0, 0.1) is 5.92 Å². The second-order valence-electron chi connectivity index (χ2n) is 4.82. The molecule has 1 aromatic rings. The van der Waals surface area contributed by atoms with Crippen molar-refractivity contribution >= 4 is 0 Å². The number of ether oxygens (including phenoxy) is 1. The van der Waals surface area contributed by atoms with Gasteiger partial charge in [0.15, 0.2) is 0 Å². The lowest BCUT2D eigenvalue weighted by atomic mass is 10.1. The van der Waals surface area contributed by atoms with Crippen LogP contribution < -0.4 is 10.5 Å². The SMILES string of the molecule is NCC1CCN(Cc2ccc(OC(F)(F)F)cc2)C1. The topological polar surface area (TPSA) is 38.5 Å². The van der Waals surface area contributed by atoms with Crippen molar-refractivity contribution in [2.45, 2.75) is 19.3 Å². The van der Waals surface area contributed by atoms with Gasteiger partial charge in [-0.15, -0.1) is 13.2 Å². The van der Waals surface area contributed by atoms with Crippen molar-refractivity contribution in [1.29, 1.82) is 0 Å². The lowest BCUT2D eigenvalue weighted by molar-refractivity contribution is -0.274. The number of alkyl halides is 3. The Kier molecular flexibility index (Phi) is 4.31. The number of hydrogen-bond donors (Lipinski definition) is 1. The second kappa shape index (κ2) is 5.79. The molecule has 0 spiro atoms. The Bertz CT molecular complexity index is 405. The first-order valence-electron chi connectivity index (χ1n) is 6.23. The number of nitrogens with zero attached hydrogens (tertiary/aromatic N) is 1. The molecular formula is C13H17F3N2O. The standard InChI is InChI=1S/C13H17F3N2O/c14-13(15,16)19-12-3-1-10(2-4-12)8-18-6-5-11(7-17)9-18/h1-4,11H,5-9,17H2. The number of likely N-dealkylation sites (tertiary alicyclic amines) is 1. The molecule has 2 rings (SSSR count). The van der Waals surface area contributed by atoms with Gasteiger partial charge in [-0.2, -0.15) is 0 Å². The summed E-state index contributed by atoms with van der Waals surface area (Å²) in [5.74, 6) is 0.352. The Morgan fingerprint density at radius 2 is 1.95 bits per heavy atom. The summed E-state index contributed by atoms with van der Waals surface area (Å²) in [7, 11) is 0. The molecule has 1 unspecified atom stereocenters. The molecule has 1 aliphatic heterocycles. The largest absolute Gasteiger partial charge is 0.573 e. The zero-order chi connectivity index (χ0) is 13.9. The van der Waals surface area contributed by atoms with Crippen LogP contribution in [0.1, 0.15) is 12.0 Å². The first-order chi connectivity index (χ1) is 8.96. The first-order valence-corrected chi connectivity index (χ1v) is 6.23. The van der Waals surface area contributed by atoms with Crippen LogP contribution in [0.3, 0.4) is 0 Å². The van der Waals surface area contributed by atoms with Crippen LogP contribution in [0.5, 0.6) is 5.75 Å². The summed E-state index contributed by atoms with van der Waals surface area (Å²) in [6.07, 6.45) is -3.55. The fourth-order valence-corrected chi connectivity index (χ4v) is 2.30. The van der Waals surface area contributed by atoms with Crippen molar-refractivity contribution in [1.82, 2.24) is 4.90 Å². The zero-order valence-corrected chi connectivity index (χ0v) is 10.5. The minimum atomic E-state index is -4.63. The van der Waals surface area contributed by atoms with Crippen LogP contribution in [0.15, 0.2) is 24.3 Å². The molecular weight excluding hydrogens is 257 g/mol. The quantitative estimate of drug-likeness (QED) is 0.916. The molecule has 19 heavy (non-hydrogen) atoms. The fraction of sp³-hybridized carbons (Fsp3) is 0.538. The summed E-state index contributed by atoms with van der Waals surface area (Å²) in [6, 6.07) is 6.02. The highest BCUT2D eigenvalue weighted by Crippen LogP contribution is 2.24. The molecule has 6 heteroatoms. The molecule has 0 radical (unpaired) electrons. The van der Waals surface area contributed by atoms with Crippen molar-refractivity contribution in [2.75, 3.05) is 19.6 Å². The average molecular weight is 274 g/mol. The molecule has 0 aliphatic carbocycles. The third-order valence-electron chi connectivity index (χ3n) is 3.27. The highest BCUT2D eigenvalue weighted by atomic mass is 19.4. The second-order valence-corrected chi connectivity index (χ2v) is 4.82. The van der Waals surface area contributed by atoms with E-state index in [0.29, 0.717) is 12.5 Å². The lowest BCUT2D eigenvalue weighted by Crippen LogP contribution is -2.22. The average Bonchev–Trinajstić information content (AvgIpc) is 2.77. The van der Waals surface area contributed by atoms with Crippen molar-refractivity contribution in [3.8, 4) is 5.75 Å². The number of halogens is 3. The predicted molar refractivity (Wildman–Crippen MR) is 65.6 cm³/mol. The van der Waals surface area contributed by atoms with Crippen molar-refractivity contribution in [3.05, 3.63) is 29.8 Å². The summed E-state index contributed by atoms with van der Waals surface area (Å²) in [6.45, 7) is 3.37. The maximum Gasteiger partial charge on any atom is 0.573 e. The van der Waals surface area contributed by atoms with Gasteiger partial charge < -0.3 is 10.5 Å². The van der Waals surface area contributed by atoms with Gasteiger partial charge in [0.05, 0.1) is 0 Å². The summed E-state index contributed by atoms with van der Waals surface area (Å²) in [4.78, 5) is 2.26. The van der Waals surface area contributed by atoms with E-state index >= 15 is 0 Å². The molecule has 1 saturated heterocycles. The third kappa shape index (κ3) is 4.40. The molecule has 1 atom stereocenters. The normalized spacial score (nSPS) is 20.7. The summed E-state index contributed by atoms with van der Waals surface area (Å²) < 4.78 is 39.9. The summed E-state index contributed by atoms with van der Waals surface area (Å²) >= 11 is 0. The van der Waals surface area contributed by atoms with E-state index in [-0.39, 0.29) is 5.75 Å². The van der Waals surface area contributed by atoms with Crippen LogP contribution in [-0.2, 0) is 6.54 Å². The van der Waals surface area contributed by atoms with Crippen LogP contribution in [0.2, 0.25) is 0 Å². The van der Waals surface area contributed by atoms with Crippen LogP contribution in [-0.4, -0.2) is 30.9 Å². The van der Waals surface area contributed by atoms with E-state index in [2.05, 4.69) is 9.64 Å². The maximum atomic E-state index is 12.0. The van der Waals surface area contributed by atoms with Gasteiger partial charge in [-0.1, -0.05) is 12.1 Å². The van der Waals surface area contributed by atoms with E-state index in [1.54, 1.807) is 12.1 Å². The molecule has 2 N–H and O–H groups in total. The minimum absolute atomic E-state index is 0.183. The minimum Gasteiger partial charge on any atom is -0.406 e. The number of nitrogens with two attached hydrogens (primary N) is 1. The van der Waals surface area contributed by atoms with Crippen LogP contribution in [0.4, 0.5) is 13.2 Å². The molecule has 1 heterocycles. The Morgan fingerprint density at radius 1 is 1.26 bits per heavy atom. The van der Waals surface area contributed by atoms with Crippen LogP contribution in [0.25, 0.3) is 0 Å². The molecule has 1 fully saturated rings. The third-order valence-corrected chi connectivity index (χ3v) is 3.27. The summed E-state index contributed by atoms with van der Waals surface area (Å²) in [5.41, 5.74) is 6.60. The Hall–Kier alpha value is -1.27. The molecule has 0 aromatic heterocycles. The Balaban J connectivity index is 1.89. The zero-order valence-electron chi connectivity index (χ0n) is 10.5. The molecule has 106 valence electrons. The van der Waals surface area contributed by atoms with Gasteiger partial charge in [-0.3, -0.25) is 4.90 Å². The maximum absolute atomic E-state index is 12.0. The van der Waals surface area contributed by atoms with Crippen molar-refractivity contribution in [3.63, 3.8) is 0 Å². The molecule has 1 aromatic carbocycles. The summed E-state index contributed by atoms with van der Waals surface area (Å²) in [5, 5.41) is 0.